The number of rotatable bonds is 7. The van der Waals surface area contributed by atoms with E-state index in [4.69, 9.17) is 10.8 Å². The Bertz CT molecular complexity index is 254. The Morgan fingerprint density at radius 3 is 2.60 bits per heavy atom. The van der Waals surface area contributed by atoms with Gasteiger partial charge in [0, 0.05) is 12.2 Å². The van der Waals surface area contributed by atoms with E-state index in [1.807, 2.05) is 0 Å². The lowest BCUT2D eigenvalue weighted by atomic mass is 10.3. The van der Waals surface area contributed by atoms with E-state index in [2.05, 4.69) is 5.32 Å². The molecule has 0 saturated heterocycles. The summed E-state index contributed by atoms with van der Waals surface area (Å²) in [4.78, 5) is 21.7. The van der Waals surface area contributed by atoms with Gasteiger partial charge in [0.25, 0.3) is 0 Å². The first-order valence-electron chi connectivity index (χ1n) is 4.86. The predicted molar refractivity (Wildman–Crippen MR) is 58.3 cm³/mol. The molecule has 1 rings (SSSR count). The molecule has 2 amide bonds. The summed E-state index contributed by atoms with van der Waals surface area (Å²) in [6.45, 7) is 0.00711. The van der Waals surface area contributed by atoms with Crippen LogP contribution in [-0.4, -0.2) is 40.6 Å². The van der Waals surface area contributed by atoms with Gasteiger partial charge in [0.05, 0.1) is 17.9 Å². The minimum absolute atomic E-state index is 0.00711. The maximum absolute atomic E-state index is 11.4. The minimum Gasteiger partial charge on any atom is -0.394 e. The van der Waals surface area contributed by atoms with Crippen molar-refractivity contribution in [1.82, 2.24) is 5.32 Å². The molecule has 4 N–H and O–H groups in total. The quantitative estimate of drug-likeness (QED) is 0.503. The molecule has 0 aliphatic heterocycles. The van der Waals surface area contributed by atoms with Gasteiger partial charge in [-0.2, -0.15) is 11.8 Å². The molecule has 0 aromatic carbocycles. The number of thioether (sulfide) groups is 1. The van der Waals surface area contributed by atoms with Crippen LogP contribution >= 0.6 is 11.8 Å². The Hall–Kier alpha value is -0.750. The highest BCUT2D eigenvalue weighted by Gasteiger charge is 2.43. The molecule has 1 fully saturated rings. The van der Waals surface area contributed by atoms with Gasteiger partial charge in [-0.25, -0.2) is 0 Å². The van der Waals surface area contributed by atoms with Gasteiger partial charge in [-0.3, -0.25) is 9.59 Å². The lowest BCUT2D eigenvalue weighted by Crippen LogP contribution is -2.39. The van der Waals surface area contributed by atoms with E-state index < -0.39 is 0 Å². The van der Waals surface area contributed by atoms with Gasteiger partial charge in [0.2, 0.25) is 11.8 Å². The number of nitrogens with two attached hydrogens (primary N) is 1. The van der Waals surface area contributed by atoms with Crippen LogP contribution in [0.15, 0.2) is 0 Å². The predicted octanol–water partition coefficient (Wildman–Crippen LogP) is -0.764. The molecular weight excluding hydrogens is 216 g/mol. The smallest absolute Gasteiger partial charge is 0.227 e. The van der Waals surface area contributed by atoms with Gasteiger partial charge in [-0.05, 0) is 12.8 Å². The van der Waals surface area contributed by atoms with Crippen LogP contribution in [0.25, 0.3) is 0 Å². The monoisotopic (exact) mass is 232 g/mol. The summed E-state index contributed by atoms with van der Waals surface area (Å²) < 4.78 is 0. The molecule has 6 heteroatoms. The summed E-state index contributed by atoms with van der Waals surface area (Å²) in [5, 5.41) is 11.8. The number of hydrogen-bond donors (Lipinski definition) is 3. The maximum Gasteiger partial charge on any atom is 0.227 e. The molecule has 0 aromatic heterocycles. The Morgan fingerprint density at radius 2 is 2.13 bits per heavy atom. The van der Waals surface area contributed by atoms with Gasteiger partial charge in [-0.15, -0.1) is 0 Å². The molecule has 0 heterocycles. The lowest BCUT2D eigenvalue weighted by molar-refractivity contribution is -0.122. The van der Waals surface area contributed by atoms with Gasteiger partial charge in [0.1, 0.15) is 0 Å². The van der Waals surface area contributed by atoms with Crippen LogP contribution in [0.4, 0.5) is 0 Å². The Labute approximate surface area is 92.8 Å². The van der Waals surface area contributed by atoms with E-state index in [0.29, 0.717) is 12.2 Å². The normalized spacial score (nSPS) is 17.1. The van der Waals surface area contributed by atoms with Crippen molar-refractivity contribution < 1.29 is 14.7 Å². The molecule has 0 unspecified atom stereocenters. The second-order valence-electron chi connectivity index (χ2n) is 3.76. The molecule has 0 atom stereocenters. The Kier molecular flexibility index (Phi) is 4.41. The SMILES string of the molecule is NC(=O)CSCCC(=O)NC1(CO)CC1. The number of carbonyl (C=O) groups excluding carboxylic acids is 2. The van der Waals surface area contributed by atoms with Gasteiger partial charge < -0.3 is 16.2 Å². The van der Waals surface area contributed by atoms with E-state index in [-0.39, 0.29) is 29.7 Å². The van der Waals surface area contributed by atoms with E-state index in [1.165, 1.54) is 11.8 Å². The number of aliphatic hydroxyl groups is 1. The zero-order valence-electron chi connectivity index (χ0n) is 8.49. The van der Waals surface area contributed by atoms with Crippen LogP contribution in [0.2, 0.25) is 0 Å². The number of hydrogen-bond acceptors (Lipinski definition) is 4. The average Bonchev–Trinajstić information content (AvgIpc) is 2.93. The van der Waals surface area contributed by atoms with Gasteiger partial charge in [-0.1, -0.05) is 0 Å². The van der Waals surface area contributed by atoms with E-state index >= 15 is 0 Å². The molecule has 5 nitrogen and oxygen atoms in total. The summed E-state index contributed by atoms with van der Waals surface area (Å²) in [6.07, 6.45) is 2.06. The summed E-state index contributed by atoms with van der Waals surface area (Å²) in [5.41, 5.74) is 4.61. The first-order valence-corrected chi connectivity index (χ1v) is 6.01. The van der Waals surface area contributed by atoms with Crippen molar-refractivity contribution in [3.63, 3.8) is 0 Å². The van der Waals surface area contributed by atoms with Crippen LogP contribution in [0.3, 0.4) is 0 Å². The van der Waals surface area contributed by atoms with Crippen molar-refractivity contribution in [1.29, 1.82) is 0 Å². The third-order valence-electron chi connectivity index (χ3n) is 2.28. The summed E-state index contributed by atoms with van der Waals surface area (Å²) in [5.74, 6) is 0.391. The fourth-order valence-corrected chi connectivity index (χ4v) is 1.84. The zero-order chi connectivity index (χ0) is 11.3. The number of aliphatic hydroxyl groups excluding tert-OH is 1. The lowest BCUT2D eigenvalue weighted by Gasteiger charge is -2.13. The van der Waals surface area contributed by atoms with Crippen LogP contribution < -0.4 is 11.1 Å². The highest BCUT2D eigenvalue weighted by molar-refractivity contribution is 7.99. The molecule has 0 bridgehead atoms. The Morgan fingerprint density at radius 1 is 1.47 bits per heavy atom. The first-order chi connectivity index (χ1) is 7.08. The number of nitrogens with one attached hydrogen (secondary N) is 1. The van der Waals surface area contributed by atoms with E-state index in [9.17, 15) is 9.59 Å². The molecule has 1 aliphatic carbocycles. The van der Waals surface area contributed by atoms with Crippen LogP contribution in [0.1, 0.15) is 19.3 Å². The Balaban J connectivity index is 2.06. The molecule has 1 saturated carbocycles. The van der Waals surface area contributed by atoms with Crippen LogP contribution in [0, 0.1) is 0 Å². The van der Waals surface area contributed by atoms with Crippen LogP contribution in [-0.2, 0) is 9.59 Å². The topological polar surface area (TPSA) is 92.4 Å². The third kappa shape index (κ3) is 4.53. The molecule has 0 spiro atoms. The van der Waals surface area contributed by atoms with Gasteiger partial charge in [0.15, 0.2) is 0 Å². The molecule has 0 radical (unpaired) electrons. The second kappa shape index (κ2) is 5.37. The minimum atomic E-state index is -0.366. The van der Waals surface area contributed by atoms with Gasteiger partial charge >= 0.3 is 0 Å². The van der Waals surface area contributed by atoms with Crippen molar-refractivity contribution in [2.75, 3.05) is 18.1 Å². The van der Waals surface area contributed by atoms with Crippen molar-refractivity contribution in [2.24, 2.45) is 5.73 Å². The fraction of sp³-hybridized carbons (Fsp3) is 0.778. The van der Waals surface area contributed by atoms with Crippen molar-refractivity contribution in [2.45, 2.75) is 24.8 Å². The van der Waals surface area contributed by atoms with Crippen molar-refractivity contribution in [3.8, 4) is 0 Å². The average molecular weight is 232 g/mol. The zero-order valence-corrected chi connectivity index (χ0v) is 9.31. The first kappa shape index (κ1) is 12.3. The number of carbonyl (C=O) groups is 2. The molecule has 1 aliphatic rings. The van der Waals surface area contributed by atoms with Crippen LogP contribution in [0.5, 0.6) is 0 Å². The summed E-state index contributed by atoms with van der Waals surface area (Å²) in [6, 6.07) is 0. The summed E-state index contributed by atoms with van der Waals surface area (Å²) in [7, 11) is 0. The second-order valence-corrected chi connectivity index (χ2v) is 4.86. The van der Waals surface area contributed by atoms with Crippen molar-refractivity contribution in [3.05, 3.63) is 0 Å². The molecule has 15 heavy (non-hydrogen) atoms. The maximum atomic E-state index is 11.4. The van der Waals surface area contributed by atoms with Crippen molar-refractivity contribution >= 4 is 23.6 Å². The highest BCUT2D eigenvalue weighted by Crippen LogP contribution is 2.34. The standard InChI is InChI=1S/C9H16N2O3S/c10-7(13)5-15-4-1-8(14)11-9(6-12)2-3-9/h12H,1-6H2,(H2,10,13)(H,11,14). The summed E-state index contributed by atoms with van der Waals surface area (Å²) >= 11 is 1.35. The van der Waals surface area contributed by atoms with E-state index in [0.717, 1.165) is 12.8 Å². The number of primary amides is 1. The molecule has 86 valence electrons. The highest BCUT2D eigenvalue weighted by atomic mass is 32.2. The molecule has 0 aromatic rings. The largest absolute Gasteiger partial charge is 0.394 e. The molecular formula is C9H16N2O3S. The third-order valence-corrected chi connectivity index (χ3v) is 3.26. The number of amides is 2. The van der Waals surface area contributed by atoms with E-state index in [1.54, 1.807) is 0 Å². The fourth-order valence-electron chi connectivity index (χ4n) is 1.17.